The Bertz CT molecular complexity index is 703. The lowest BCUT2D eigenvalue weighted by molar-refractivity contribution is 0.139. The first-order valence-corrected chi connectivity index (χ1v) is 8.58. The summed E-state index contributed by atoms with van der Waals surface area (Å²) in [6.45, 7) is 0.810. The summed E-state index contributed by atoms with van der Waals surface area (Å²) in [6, 6.07) is 6.48. The molecule has 4 heteroatoms. The van der Waals surface area contributed by atoms with Crippen LogP contribution in [0.25, 0.3) is 10.9 Å². The van der Waals surface area contributed by atoms with Gasteiger partial charge < -0.3 is 15.2 Å². The van der Waals surface area contributed by atoms with Gasteiger partial charge >= 0.3 is 0 Å². The maximum Gasteiger partial charge on any atom is 0.141 e. The molecule has 0 spiro atoms. The highest BCUT2D eigenvalue weighted by atomic mass is 16.5. The third kappa shape index (κ3) is 2.76. The Morgan fingerprint density at radius 3 is 2.78 bits per heavy atom. The molecule has 0 amide bonds. The standard InChI is InChI=1S/C19H24N2O2/c1-22-15-6-7-18-16(9-15)17-8-13(11-23-19(17)10-21-18)12-2-4-14(20)5-3-12/h6-7,9-10,12-14H,2-5,8,11,20H2,1H3/t12-,13?,14-. The van der Waals surface area contributed by atoms with Gasteiger partial charge in [0.15, 0.2) is 0 Å². The van der Waals surface area contributed by atoms with Crippen LogP contribution in [0.15, 0.2) is 24.4 Å². The van der Waals surface area contributed by atoms with E-state index in [0.29, 0.717) is 12.0 Å². The number of nitrogens with two attached hydrogens (primary N) is 1. The predicted octanol–water partition coefficient (Wildman–Crippen LogP) is 3.31. The minimum Gasteiger partial charge on any atom is -0.497 e. The van der Waals surface area contributed by atoms with Crippen LogP contribution in [0.3, 0.4) is 0 Å². The minimum atomic E-state index is 0.400. The molecular formula is C19H24N2O2. The Labute approximate surface area is 137 Å². The predicted molar refractivity (Wildman–Crippen MR) is 90.9 cm³/mol. The van der Waals surface area contributed by atoms with E-state index < -0.39 is 0 Å². The summed E-state index contributed by atoms with van der Waals surface area (Å²) in [7, 11) is 1.70. The monoisotopic (exact) mass is 312 g/mol. The molecule has 0 radical (unpaired) electrons. The Morgan fingerprint density at radius 2 is 2.00 bits per heavy atom. The fourth-order valence-corrected chi connectivity index (χ4v) is 4.11. The summed E-state index contributed by atoms with van der Waals surface area (Å²) >= 11 is 0. The molecule has 1 fully saturated rings. The number of ether oxygens (including phenoxy) is 2. The van der Waals surface area contributed by atoms with Gasteiger partial charge in [-0.3, -0.25) is 4.98 Å². The SMILES string of the molecule is COc1ccc2ncc3c(c2c1)CC([C@H]1CC[C@H](N)CC1)CO3. The summed E-state index contributed by atoms with van der Waals surface area (Å²) in [5.41, 5.74) is 8.36. The number of methoxy groups -OCH3 is 1. The zero-order valence-electron chi connectivity index (χ0n) is 13.6. The van der Waals surface area contributed by atoms with Gasteiger partial charge in [-0.15, -0.1) is 0 Å². The van der Waals surface area contributed by atoms with Crippen molar-refractivity contribution in [3.05, 3.63) is 30.0 Å². The van der Waals surface area contributed by atoms with Gasteiger partial charge in [-0.25, -0.2) is 0 Å². The van der Waals surface area contributed by atoms with Crippen molar-refractivity contribution in [3.63, 3.8) is 0 Å². The van der Waals surface area contributed by atoms with Gasteiger partial charge in [-0.1, -0.05) is 0 Å². The van der Waals surface area contributed by atoms with Gasteiger partial charge in [-0.2, -0.15) is 0 Å². The van der Waals surface area contributed by atoms with E-state index in [0.717, 1.165) is 48.8 Å². The van der Waals surface area contributed by atoms with Crippen LogP contribution in [-0.2, 0) is 6.42 Å². The summed E-state index contributed by atoms with van der Waals surface area (Å²) in [5.74, 6) is 3.14. The van der Waals surface area contributed by atoms with Crippen molar-refractivity contribution >= 4 is 10.9 Å². The molecule has 4 nitrogen and oxygen atoms in total. The van der Waals surface area contributed by atoms with Crippen molar-refractivity contribution in [3.8, 4) is 11.5 Å². The Kier molecular flexibility index (Phi) is 3.85. The number of hydrogen-bond donors (Lipinski definition) is 1. The topological polar surface area (TPSA) is 57.4 Å². The van der Waals surface area contributed by atoms with Crippen LogP contribution in [0.1, 0.15) is 31.2 Å². The van der Waals surface area contributed by atoms with Gasteiger partial charge in [0.25, 0.3) is 0 Å². The maximum absolute atomic E-state index is 6.06. The number of pyridine rings is 1. The van der Waals surface area contributed by atoms with Crippen LogP contribution >= 0.6 is 0 Å². The van der Waals surface area contributed by atoms with Crippen molar-refractivity contribution in [2.75, 3.05) is 13.7 Å². The molecule has 2 aromatic rings. The lowest BCUT2D eigenvalue weighted by Gasteiger charge is -2.35. The van der Waals surface area contributed by atoms with Crippen molar-refractivity contribution in [2.45, 2.75) is 38.1 Å². The van der Waals surface area contributed by atoms with Crippen LogP contribution in [0.2, 0.25) is 0 Å². The third-order valence-corrected chi connectivity index (χ3v) is 5.55. The zero-order chi connectivity index (χ0) is 15.8. The van der Waals surface area contributed by atoms with E-state index in [9.17, 15) is 0 Å². The van der Waals surface area contributed by atoms with E-state index in [1.54, 1.807) is 7.11 Å². The van der Waals surface area contributed by atoms with Crippen LogP contribution in [0, 0.1) is 11.8 Å². The van der Waals surface area contributed by atoms with E-state index >= 15 is 0 Å². The highest BCUT2D eigenvalue weighted by Gasteiger charge is 2.31. The lowest BCUT2D eigenvalue weighted by atomic mass is 9.75. The first kappa shape index (κ1) is 14.8. The summed E-state index contributed by atoms with van der Waals surface area (Å²) in [5, 5.41) is 1.17. The van der Waals surface area contributed by atoms with Crippen LogP contribution in [0.4, 0.5) is 0 Å². The molecule has 0 saturated heterocycles. The molecule has 1 atom stereocenters. The number of benzene rings is 1. The third-order valence-electron chi connectivity index (χ3n) is 5.55. The molecule has 1 aromatic heterocycles. The van der Waals surface area contributed by atoms with E-state index in [1.807, 2.05) is 18.3 Å². The molecule has 1 aliphatic heterocycles. The molecule has 2 aliphatic rings. The molecule has 23 heavy (non-hydrogen) atoms. The summed E-state index contributed by atoms with van der Waals surface area (Å²) < 4.78 is 11.4. The average Bonchev–Trinajstić information content (AvgIpc) is 2.61. The molecule has 122 valence electrons. The normalized spacial score (nSPS) is 27.3. The Hall–Kier alpha value is -1.81. The Morgan fingerprint density at radius 1 is 1.17 bits per heavy atom. The van der Waals surface area contributed by atoms with E-state index in [-0.39, 0.29) is 0 Å². The highest BCUT2D eigenvalue weighted by molar-refractivity contribution is 5.85. The van der Waals surface area contributed by atoms with Gasteiger partial charge in [-0.05, 0) is 56.2 Å². The fourth-order valence-electron chi connectivity index (χ4n) is 4.11. The van der Waals surface area contributed by atoms with Gasteiger partial charge in [0.2, 0.25) is 0 Å². The highest BCUT2D eigenvalue weighted by Crippen LogP contribution is 2.39. The minimum absolute atomic E-state index is 0.400. The second-order valence-electron chi connectivity index (χ2n) is 6.93. The second kappa shape index (κ2) is 6.00. The molecule has 2 N–H and O–H groups in total. The molecule has 1 aliphatic carbocycles. The number of aromatic nitrogens is 1. The molecular weight excluding hydrogens is 288 g/mol. The first-order chi connectivity index (χ1) is 11.2. The number of fused-ring (bicyclic) bond motifs is 3. The smallest absolute Gasteiger partial charge is 0.141 e. The molecule has 1 unspecified atom stereocenters. The number of nitrogens with zero attached hydrogens (tertiary/aromatic N) is 1. The molecule has 2 heterocycles. The largest absolute Gasteiger partial charge is 0.497 e. The molecule has 1 aromatic carbocycles. The van der Waals surface area contributed by atoms with Crippen LogP contribution in [0.5, 0.6) is 11.5 Å². The average molecular weight is 312 g/mol. The van der Waals surface area contributed by atoms with E-state index in [1.165, 1.54) is 23.8 Å². The van der Waals surface area contributed by atoms with Gasteiger partial charge in [0.1, 0.15) is 11.5 Å². The van der Waals surface area contributed by atoms with Crippen LogP contribution in [-0.4, -0.2) is 24.7 Å². The van der Waals surface area contributed by atoms with Crippen molar-refractivity contribution in [1.29, 1.82) is 0 Å². The summed E-state index contributed by atoms with van der Waals surface area (Å²) in [6.07, 6.45) is 7.71. The fraction of sp³-hybridized carbons (Fsp3) is 0.526. The number of hydrogen-bond acceptors (Lipinski definition) is 4. The van der Waals surface area contributed by atoms with E-state index in [4.69, 9.17) is 15.2 Å². The quantitative estimate of drug-likeness (QED) is 0.924. The first-order valence-electron chi connectivity index (χ1n) is 8.58. The number of rotatable bonds is 2. The van der Waals surface area contributed by atoms with E-state index in [2.05, 4.69) is 11.1 Å². The van der Waals surface area contributed by atoms with Crippen molar-refractivity contribution in [2.24, 2.45) is 17.6 Å². The van der Waals surface area contributed by atoms with Crippen molar-refractivity contribution in [1.82, 2.24) is 4.98 Å². The molecule has 1 saturated carbocycles. The lowest BCUT2D eigenvalue weighted by Crippen LogP contribution is -2.34. The van der Waals surface area contributed by atoms with Crippen LogP contribution < -0.4 is 15.2 Å². The van der Waals surface area contributed by atoms with Gasteiger partial charge in [0.05, 0.1) is 25.4 Å². The Balaban J connectivity index is 1.65. The second-order valence-corrected chi connectivity index (χ2v) is 6.93. The zero-order valence-corrected chi connectivity index (χ0v) is 13.6. The van der Waals surface area contributed by atoms with Gasteiger partial charge in [0, 0.05) is 22.9 Å². The molecule has 0 bridgehead atoms. The maximum atomic E-state index is 6.06. The summed E-state index contributed by atoms with van der Waals surface area (Å²) in [4.78, 5) is 4.52. The van der Waals surface area contributed by atoms with Crippen molar-refractivity contribution < 1.29 is 9.47 Å². The molecule has 4 rings (SSSR count).